The molecule has 15 heavy (non-hydrogen) atoms. The molecule has 0 heterocycles. The van der Waals surface area contributed by atoms with Crippen molar-refractivity contribution in [2.24, 2.45) is 5.73 Å². The predicted octanol–water partition coefficient (Wildman–Crippen LogP) is -3.59. The maximum Gasteiger partial charge on any atom is 0.408 e. The lowest BCUT2D eigenvalue weighted by Crippen LogP contribution is -3.00. The van der Waals surface area contributed by atoms with Gasteiger partial charge in [-0.2, -0.15) is 0 Å². The minimum Gasteiger partial charge on any atom is -1.00 e. The maximum absolute atomic E-state index is 11.3. The second-order valence-corrected chi connectivity index (χ2v) is 4.11. The molecule has 0 aromatic carbocycles. The Labute approximate surface area is 96.7 Å². The number of nitrogens with two attached hydrogens (primary N) is 2. The number of hydrogen-bond donors (Lipinski definition) is 3. The highest BCUT2D eigenvalue weighted by atomic mass is 35.5. The van der Waals surface area contributed by atoms with Crippen LogP contribution in [0.3, 0.4) is 0 Å². The van der Waals surface area contributed by atoms with E-state index in [-0.39, 0.29) is 24.3 Å². The van der Waals surface area contributed by atoms with E-state index in [0.717, 1.165) is 0 Å². The van der Waals surface area contributed by atoms with Crippen LogP contribution in [0.2, 0.25) is 0 Å². The Balaban J connectivity index is 0. The number of amides is 1. The maximum atomic E-state index is 11.3. The molecule has 5 N–H and O–H groups in total. The van der Waals surface area contributed by atoms with Gasteiger partial charge in [0.1, 0.15) is 11.6 Å². The van der Waals surface area contributed by atoms with Gasteiger partial charge in [-0.25, -0.2) is 4.79 Å². The zero-order chi connectivity index (χ0) is 11.4. The molecule has 0 aromatic heterocycles. The Kier molecular flexibility index (Phi) is 7.13. The van der Waals surface area contributed by atoms with Crippen molar-refractivity contribution in [1.82, 2.24) is 5.32 Å². The van der Waals surface area contributed by atoms with Crippen LogP contribution in [0, 0.1) is 0 Å². The van der Waals surface area contributed by atoms with Gasteiger partial charge in [-0.15, -0.1) is 0 Å². The van der Waals surface area contributed by atoms with Crippen molar-refractivity contribution in [3.8, 4) is 0 Å². The number of rotatable bonds is 3. The van der Waals surface area contributed by atoms with Crippen LogP contribution in [0.4, 0.5) is 4.79 Å². The van der Waals surface area contributed by atoms with E-state index in [1.807, 2.05) is 6.92 Å². The van der Waals surface area contributed by atoms with Gasteiger partial charge in [-0.3, -0.25) is 11.1 Å². The SMILES string of the molecule is CCC(NC(=O)OC(C)(C)C)C(N)=[NH2+].[Cl-]. The van der Waals surface area contributed by atoms with E-state index in [0.29, 0.717) is 6.42 Å². The first kappa shape index (κ1) is 16.5. The monoisotopic (exact) mass is 237 g/mol. The summed E-state index contributed by atoms with van der Waals surface area (Å²) in [5.74, 6) is 0.193. The highest BCUT2D eigenvalue weighted by Crippen LogP contribution is 2.06. The number of halogens is 1. The van der Waals surface area contributed by atoms with E-state index in [1.165, 1.54) is 0 Å². The number of carbonyl (C=O) groups is 1. The zero-order valence-electron chi connectivity index (χ0n) is 9.63. The van der Waals surface area contributed by atoms with Gasteiger partial charge in [0.2, 0.25) is 0 Å². The van der Waals surface area contributed by atoms with Crippen LogP contribution >= 0.6 is 0 Å². The van der Waals surface area contributed by atoms with Crippen molar-refractivity contribution in [1.29, 1.82) is 0 Å². The lowest BCUT2D eigenvalue weighted by Gasteiger charge is -2.21. The molecule has 6 heteroatoms. The summed E-state index contributed by atoms with van der Waals surface area (Å²) in [5.41, 5.74) is 4.88. The van der Waals surface area contributed by atoms with Crippen molar-refractivity contribution < 1.29 is 27.3 Å². The van der Waals surface area contributed by atoms with Gasteiger partial charge < -0.3 is 22.5 Å². The third-order valence-corrected chi connectivity index (χ3v) is 1.50. The summed E-state index contributed by atoms with van der Waals surface area (Å²) in [4.78, 5) is 11.3. The van der Waals surface area contributed by atoms with Gasteiger partial charge in [-0.1, -0.05) is 6.92 Å². The molecule has 0 aliphatic rings. The molecular formula is C9H20ClN3O2. The summed E-state index contributed by atoms with van der Waals surface area (Å²) in [6.45, 7) is 7.26. The number of carbonyl (C=O) groups excluding carboxylic acids is 1. The van der Waals surface area contributed by atoms with Gasteiger partial charge >= 0.3 is 6.09 Å². The molecular weight excluding hydrogens is 218 g/mol. The molecule has 0 aliphatic carbocycles. The largest absolute Gasteiger partial charge is 1.00 e. The number of amidine groups is 1. The average Bonchev–Trinajstić information content (AvgIpc) is 1.96. The number of hydrogen-bond acceptors (Lipinski definition) is 2. The van der Waals surface area contributed by atoms with Crippen molar-refractivity contribution in [2.45, 2.75) is 45.8 Å². The van der Waals surface area contributed by atoms with Gasteiger partial charge in [0.25, 0.3) is 5.84 Å². The normalized spacial score (nSPS) is 12.3. The van der Waals surface area contributed by atoms with Gasteiger partial charge in [0, 0.05) is 0 Å². The fourth-order valence-corrected chi connectivity index (χ4v) is 0.871. The highest BCUT2D eigenvalue weighted by molar-refractivity contribution is 5.84. The third-order valence-electron chi connectivity index (χ3n) is 1.50. The van der Waals surface area contributed by atoms with Crippen molar-refractivity contribution in [2.75, 3.05) is 0 Å². The molecule has 0 saturated heterocycles. The van der Waals surface area contributed by atoms with Crippen LogP contribution in [0.25, 0.3) is 0 Å². The molecule has 90 valence electrons. The quantitative estimate of drug-likeness (QED) is 0.350. The summed E-state index contributed by atoms with van der Waals surface area (Å²) in [7, 11) is 0. The average molecular weight is 238 g/mol. The molecule has 1 amide bonds. The van der Waals surface area contributed by atoms with Crippen LogP contribution in [0.5, 0.6) is 0 Å². The third kappa shape index (κ3) is 8.05. The molecule has 0 rings (SSSR count). The minimum atomic E-state index is -0.508. The lowest BCUT2D eigenvalue weighted by molar-refractivity contribution is -0.120. The van der Waals surface area contributed by atoms with Crippen LogP contribution < -0.4 is 28.9 Å². The first-order valence-corrected chi connectivity index (χ1v) is 4.63. The van der Waals surface area contributed by atoms with Crippen LogP contribution in [0.1, 0.15) is 34.1 Å². The van der Waals surface area contributed by atoms with E-state index in [1.54, 1.807) is 20.8 Å². The Bertz CT molecular complexity index is 226. The van der Waals surface area contributed by atoms with Gasteiger partial charge in [0.05, 0.1) is 0 Å². The zero-order valence-corrected chi connectivity index (χ0v) is 10.4. The van der Waals surface area contributed by atoms with E-state index >= 15 is 0 Å². The van der Waals surface area contributed by atoms with Gasteiger partial charge in [0.15, 0.2) is 0 Å². The molecule has 0 fully saturated rings. The molecule has 0 radical (unpaired) electrons. The molecule has 1 unspecified atom stereocenters. The number of nitrogens with one attached hydrogen (secondary N) is 1. The standard InChI is InChI=1S/C9H19N3O2.ClH/c1-5-6(7(10)11)12-8(13)14-9(2,3)4;/h6H,5H2,1-4H3,(H3,10,11)(H,12,13);1H. The molecule has 5 nitrogen and oxygen atoms in total. The smallest absolute Gasteiger partial charge is 0.408 e. The van der Waals surface area contributed by atoms with Crippen molar-refractivity contribution in [3.05, 3.63) is 0 Å². The van der Waals surface area contributed by atoms with E-state index < -0.39 is 11.7 Å². The highest BCUT2D eigenvalue weighted by Gasteiger charge is 2.21. The molecule has 0 spiro atoms. The first-order chi connectivity index (χ1) is 6.26. The molecule has 0 bridgehead atoms. The molecule has 0 aliphatic heterocycles. The molecule has 0 saturated carbocycles. The predicted molar refractivity (Wildman–Crippen MR) is 54.6 cm³/mol. The minimum absolute atomic E-state index is 0. The molecule has 0 aromatic rings. The fourth-order valence-electron chi connectivity index (χ4n) is 0.871. The first-order valence-electron chi connectivity index (χ1n) is 4.63. The number of ether oxygens (including phenoxy) is 1. The summed E-state index contributed by atoms with van der Waals surface area (Å²) in [6, 6.07) is -0.329. The van der Waals surface area contributed by atoms with Crippen molar-refractivity contribution in [3.63, 3.8) is 0 Å². The summed E-state index contributed by atoms with van der Waals surface area (Å²) < 4.78 is 5.05. The lowest BCUT2D eigenvalue weighted by atomic mass is 10.2. The van der Waals surface area contributed by atoms with Gasteiger partial charge in [-0.05, 0) is 27.2 Å². The van der Waals surface area contributed by atoms with E-state index in [4.69, 9.17) is 15.9 Å². The Morgan fingerprint density at radius 2 is 2.00 bits per heavy atom. The van der Waals surface area contributed by atoms with Crippen LogP contribution in [-0.2, 0) is 4.74 Å². The topological polar surface area (TPSA) is 89.9 Å². The van der Waals surface area contributed by atoms with Crippen molar-refractivity contribution >= 4 is 11.9 Å². The Morgan fingerprint density at radius 1 is 1.53 bits per heavy atom. The summed E-state index contributed by atoms with van der Waals surface area (Å²) in [5, 5.41) is 7.96. The number of alkyl carbamates (subject to hydrolysis) is 1. The Morgan fingerprint density at radius 3 is 2.27 bits per heavy atom. The second kappa shape index (κ2) is 6.50. The second-order valence-electron chi connectivity index (χ2n) is 4.11. The van der Waals surface area contributed by atoms with E-state index in [2.05, 4.69) is 5.32 Å². The van der Waals surface area contributed by atoms with Crippen LogP contribution in [-0.4, -0.2) is 23.6 Å². The molecule has 1 atom stereocenters. The van der Waals surface area contributed by atoms with Crippen LogP contribution in [0.15, 0.2) is 0 Å². The summed E-state index contributed by atoms with van der Waals surface area (Å²) in [6.07, 6.45) is 0.138. The summed E-state index contributed by atoms with van der Waals surface area (Å²) >= 11 is 0. The fraction of sp³-hybridized carbons (Fsp3) is 0.778. The van der Waals surface area contributed by atoms with E-state index in [9.17, 15) is 4.79 Å². The Hall–Kier alpha value is -0.970.